The lowest BCUT2D eigenvalue weighted by atomic mass is 9.92. The number of nitrogens with zero attached hydrogens (tertiary/aromatic N) is 1. The van der Waals surface area contributed by atoms with Crippen molar-refractivity contribution < 1.29 is 14.6 Å². The molecule has 5 heteroatoms. The minimum atomic E-state index is -0.932. The molecule has 4 rings (SSSR count). The van der Waals surface area contributed by atoms with Crippen LogP contribution in [0, 0.1) is 5.92 Å². The Labute approximate surface area is 164 Å². The molecule has 1 N–H and O–H groups in total. The summed E-state index contributed by atoms with van der Waals surface area (Å²) in [5.41, 5.74) is 2.48. The van der Waals surface area contributed by atoms with Gasteiger partial charge in [0.05, 0.1) is 24.3 Å². The molecule has 0 aromatic heterocycles. The number of methoxy groups -OCH3 is 1. The number of carbonyl (C=O) groups is 1. The summed E-state index contributed by atoms with van der Waals surface area (Å²) in [6.45, 7) is 4.13. The summed E-state index contributed by atoms with van der Waals surface area (Å²) in [4.78, 5) is 15.3. The van der Waals surface area contributed by atoms with E-state index in [9.17, 15) is 9.90 Å². The van der Waals surface area contributed by atoms with Gasteiger partial charge < -0.3 is 14.7 Å². The predicted molar refractivity (Wildman–Crippen MR) is 106 cm³/mol. The van der Waals surface area contributed by atoms with Crippen LogP contribution in [-0.4, -0.2) is 34.7 Å². The lowest BCUT2D eigenvalue weighted by Crippen LogP contribution is -2.51. The molecule has 1 aliphatic carbocycles. The maximum Gasteiger partial charge on any atom is 0.255 e. The van der Waals surface area contributed by atoms with Crippen LogP contribution in [0.2, 0.25) is 5.02 Å². The van der Waals surface area contributed by atoms with Crippen molar-refractivity contribution in [1.29, 1.82) is 0 Å². The summed E-state index contributed by atoms with van der Waals surface area (Å²) >= 11 is 6.25. The second-order valence-corrected chi connectivity index (χ2v) is 8.52. The molecule has 1 atom stereocenters. The highest BCUT2D eigenvalue weighted by Gasteiger charge is 2.48. The fourth-order valence-electron chi connectivity index (χ4n) is 4.31. The van der Waals surface area contributed by atoms with Crippen LogP contribution in [0.25, 0.3) is 11.1 Å². The average Bonchev–Trinajstić information content (AvgIpc) is 3.37. The van der Waals surface area contributed by atoms with Crippen molar-refractivity contribution in [1.82, 2.24) is 4.90 Å². The van der Waals surface area contributed by atoms with Gasteiger partial charge in [-0.25, -0.2) is 0 Å². The molecule has 27 heavy (non-hydrogen) atoms. The maximum absolute atomic E-state index is 13.4. The number of hydrogen-bond acceptors (Lipinski definition) is 3. The van der Waals surface area contributed by atoms with E-state index in [4.69, 9.17) is 16.3 Å². The molecule has 1 amide bonds. The van der Waals surface area contributed by atoms with E-state index in [2.05, 4.69) is 0 Å². The zero-order valence-corrected chi connectivity index (χ0v) is 16.6. The summed E-state index contributed by atoms with van der Waals surface area (Å²) in [6.07, 6.45) is 2.13. The molecule has 1 aliphatic heterocycles. The Morgan fingerprint density at radius 2 is 2.00 bits per heavy atom. The van der Waals surface area contributed by atoms with E-state index >= 15 is 0 Å². The third-order valence-electron chi connectivity index (χ3n) is 5.51. The first-order valence-corrected chi connectivity index (χ1v) is 9.67. The number of aliphatic hydroxyl groups is 1. The van der Waals surface area contributed by atoms with Gasteiger partial charge in [-0.1, -0.05) is 29.8 Å². The number of halogens is 1. The molecule has 0 radical (unpaired) electrons. The number of hydrogen-bond donors (Lipinski definition) is 1. The topological polar surface area (TPSA) is 49.8 Å². The molecular formula is C22H24ClNO3. The third-order valence-corrected chi connectivity index (χ3v) is 5.73. The Kier molecular flexibility index (Phi) is 4.44. The molecule has 0 bridgehead atoms. The summed E-state index contributed by atoms with van der Waals surface area (Å²) in [5.74, 6) is 1.02. The van der Waals surface area contributed by atoms with Crippen LogP contribution in [0.4, 0.5) is 0 Å². The van der Waals surface area contributed by atoms with Gasteiger partial charge in [0.15, 0.2) is 0 Å². The van der Waals surface area contributed by atoms with Crippen LogP contribution >= 0.6 is 11.6 Å². The summed E-state index contributed by atoms with van der Waals surface area (Å²) < 4.78 is 5.33. The van der Waals surface area contributed by atoms with Crippen LogP contribution in [-0.2, 0) is 6.54 Å². The van der Waals surface area contributed by atoms with E-state index in [0.717, 1.165) is 29.5 Å². The fraction of sp³-hybridized carbons (Fsp3) is 0.409. The van der Waals surface area contributed by atoms with Gasteiger partial charge in [-0.2, -0.15) is 0 Å². The van der Waals surface area contributed by atoms with E-state index in [1.807, 2.05) is 35.2 Å². The van der Waals surface area contributed by atoms with Gasteiger partial charge in [0, 0.05) is 11.6 Å². The molecule has 1 heterocycles. The van der Waals surface area contributed by atoms with E-state index in [-0.39, 0.29) is 11.9 Å². The molecular weight excluding hydrogens is 362 g/mol. The maximum atomic E-state index is 13.4. The Morgan fingerprint density at radius 1 is 1.26 bits per heavy atom. The van der Waals surface area contributed by atoms with Gasteiger partial charge in [-0.3, -0.25) is 4.79 Å². The van der Waals surface area contributed by atoms with Crippen molar-refractivity contribution in [3.8, 4) is 16.9 Å². The van der Waals surface area contributed by atoms with Gasteiger partial charge in [0.1, 0.15) is 5.75 Å². The normalized spacial score (nSPS) is 17.8. The highest BCUT2D eigenvalue weighted by molar-refractivity contribution is 6.31. The van der Waals surface area contributed by atoms with Crippen molar-refractivity contribution >= 4 is 17.5 Å². The number of benzene rings is 2. The summed E-state index contributed by atoms with van der Waals surface area (Å²) in [7, 11) is 1.60. The van der Waals surface area contributed by atoms with Crippen LogP contribution in [0.3, 0.4) is 0 Å². The van der Waals surface area contributed by atoms with E-state index in [1.54, 1.807) is 27.0 Å². The van der Waals surface area contributed by atoms with Gasteiger partial charge >= 0.3 is 0 Å². The molecule has 2 aromatic rings. The first-order valence-electron chi connectivity index (χ1n) is 9.30. The standard InChI is InChI=1S/C22H24ClNO3/c1-22(2,26)20(13-7-8-13)24-12-14-5-4-6-18(19(14)21(24)25)15-9-16(23)11-17(10-15)27-3/h4-6,9-11,13,20,26H,7-8,12H2,1-3H3/t20-/m1/s1. The Balaban J connectivity index is 1.77. The number of rotatable bonds is 5. The zero-order chi connectivity index (χ0) is 19.3. The fourth-order valence-corrected chi connectivity index (χ4v) is 4.53. The third kappa shape index (κ3) is 3.32. The quantitative estimate of drug-likeness (QED) is 0.823. The minimum Gasteiger partial charge on any atom is -0.497 e. The first kappa shape index (κ1) is 18.3. The lowest BCUT2D eigenvalue weighted by molar-refractivity contribution is -0.0224. The summed E-state index contributed by atoms with van der Waals surface area (Å²) in [5, 5.41) is 11.3. The second-order valence-electron chi connectivity index (χ2n) is 8.09. The SMILES string of the molecule is COc1cc(Cl)cc(-c2cccc3c2C(=O)N([C@H](C2CC2)C(C)(C)O)C3)c1. The van der Waals surface area contributed by atoms with Crippen molar-refractivity contribution in [2.24, 2.45) is 5.92 Å². The average molecular weight is 386 g/mol. The second kappa shape index (κ2) is 6.54. The molecule has 0 spiro atoms. The monoisotopic (exact) mass is 385 g/mol. The molecule has 142 valence electrons. The molecule has 1 fully saturated rings. The van der Waals surface area contributed by atoms with Crippen molar-refractivity contribution in [2.45, 2.75) is 44.9 Å². The molecule has 4 nitrogen and oxygen atoms in total. The highest BCUT2D eigenvalue weighted by Crippen LogP contribution is 2.44. The lowest BCUT2D eigenvalue weighted by Gasteiger charge is -2.37. The number of carbonyl (C=O) groups excluding carboxylic acids is 1. The summed E-state index contributed by atoms with van der Waals surface area (Å²) in [6, 6.07) is 11.2. The van der Waals surface area contributed by atoms with Crippen LogP contribution in [0.5, 0.6) is 5.75 Å². The number of amides is 1. The molecule has 2 aliphatic rings. The van der Waals surface area contributed by atoms with Gasteiger partial charge in [-0.05, 0) is 67.5 Å². The van der Waals surface area contributed by atoms with Gasteiger partial charge in [-0.15, -0.1) is 0 Å². The number of fused-ring (bicyclic) bond motifs is 1. The molecule has 2 aromatic carbocycles. The zero-order valence-electron chi connectivity index (χ0n) is 15.8. The van der Waals surface area contributed by atoms with Gasteiger partial charge in [0.25, 0.3) is 5.91 Å². The van der Waals surface area contributed by atoms with Crippen molar-refractivity contribution in [3.63, 3.8) is 0 Å². The highest BCUT2D eigenvalue weighted by atomic mass is 35.5. The van der Waals surface area contributed by atoms with Gasteiger partial charge in [0.2, 0.25) is 0 Å². The van der Waals surface area contributed by atoms with Crippen LogP contribution < -0.4 is 4.74 Å². The van der Waals surface area contributed by atoms with E-state index < -0.39 is 5.60 Å². The van der Waals surface area contributed by atoms with E-state index in [1.165, 1.54) is 0 Å². The smallest absolute Gasteiger partial charge is 0.255 e. The largest absolute Gasteiger partial charge is 0.497 e. The Bertz CT molecular complexity index is 899. The predicted octanol–water partition coefficient (Wildman–Crippen LogP) is 4.52. The first-order chi connectivity index (χ1) is 12.8. The Hall–Kier alpha value is -2.04. The van der Waals surface area contributed by atoms with Crippen LogP contribution in [0.1, 0.15) is 42.6 Å². The molecule has 0 saturated heterocycles. The van der Waals surface area contributed by atoms with E-state index in [0.29, 0.717) is 28.8 Å². The number of ether oxygens (including phenoxy) is 1. The molecule has 1 saturated carbocycles. The Morgan fingerprint density at radius 3 is 2.63 bits per heavy atom. The van der Waals surface area contributed by atoms with Crippen LogP contribution in [0.15, 0.2) is 36.4 Å². The van der Waals surface area contributed by atoms with Crippen molar-refractivity contribution in [2.75, 3.05) is 7.11 Å². The van der Waals surface area contributed by atoms with Crippen molar-refractivity contribution in [3.05, 3.63) is 52.5 Å². The molecule has 0 unspecified atom stereocenters. The minimum absolute atomic E-state index is 0.0152.